The lowest BCUT2D eigenvalue weighted by atomic mass is 9.86. The Morgan fingerprint density at radius 2 is 2.00 bits per heavy atom. The molecule has 1 atom stereocenters. The van der Waals surface area contributed by atoms with Gasteiger partial charge in [-0.25, -0.2) is 0 Å². The fourth-order valence-electron chi connectivity index (χ4n) is 3.07. The second-order valence-electron chi connectivity index (χ2n) is 7.33. The van der Waals surface area contributed by atoms with E-state index in [1.807, 2.05) is 11.3 Å². The van der Waals surface area contributed by atoms with Crippen molar-refractivity contribution in [2.45, 2.75) is 83.9 Å². The Labute approximate surface area is 134 Å². The van der Waals surface area contributed by atoms with Crippen molar-refractivity contribution in [3.05, 3.63) is 21.9 Å². The maximum atomic E-state index is 6.06. The van der Waals surface area contributed by atoms with Gasteiger partial charge in [-0.2, -0.15) is 0 Å². The van der Waals surface area contributed by atoms with Crippen molar-refractivity contribution in [2.75, 3.05) is 6.61 Å². The van der Waals surface area contributed by atoms with Crippen molar-refractivity contribution < 1.29 is 4.74 Å². The lowest BCUT2D eigenvalue weighted by Crippen LogP contribution is -2.46. The summed E-state index contributed by atoms with van der Waals surface area (Å²) in [6.07, 6.45) is 4.53. The highest BCUT2D eigenvalue weighted by atomic mass is 32.1. The zero-order valence-electron chi connectivity index (χ0n) is 14.3. The molecule has 1 saturated heterocycles. The molecule has 0 amide bonds. The summed E-state index contributed by atoms with van der Waals surface area (Å²) >= 11 is 1.95. The zero-order valence-corrected chi connectivity index (χ0v) is 15.1. The number of nitrogens with one attached hydrogen (secondary N) is 1. The van der Waals surface area contributed by atoms with Gasteiger partial charge in [0, 0.05) is 28.9 Å². The molecule has 1 aromatic heterocycles. The first-order chi connectivity index (χ1) is 9.88. The van der Waals surface area contributed by atoms with Crippen LogP contribution in [0.25, 0.3) is 0 Å². The largest absolute Gasteiger partial charge is 0.375 e. The number of ether oxygens (including phenoxy) is 1. The first kappa shape index (κ1) is 17.0. The minimum atomic E-state index is 0.113. The van der Waals surface area contributed by atoms with Gasteiger partial charge in [-0.15, -0.1) is 11.3 Å². The fraction of sp³-hybridized carbons (Fsp3) is 0.778. The van der Waals surface area contributed by atoms with E-state index in [0.717, 1.165) is 38.8 Å². The molecule has 0 radical (unpaired) electrons. The number of hydrogen-bond acceptors (Lipinski definition) is 3. The molecule has 0 aliphatic carbocycles. The van der Waals surface area contributed by atoms with Gasteiger partial charge in [0.2, 0.25) is 0 Å². The molecule has 3 heteroatoms. The van der Waals surface area contributed by atoms with Crippen LogP contribution in [0, 0.1) is 0 Å². The highest BCUT2D eigenvalue weighted by Gasteiger charge is 2.34. The normalized spacial score (nSPS) is 22.4. The molecule has 1 fully saturated rings. The number of hydrogen-bond donors (Lipinski definition) is 1. The van der Waals surface area contributed by atoms with Gasteiger partial charge >= 0.3 is 0 Å². The van der Waals surface area contributed by atoms with E-state index in [1.165, 1.54) is 9.75 Å². The van der Waals surface area contributed by atoms with Crippen LogP contribution in [0.5, 0.6) is 0 Å². The second-order valence-corrected chi connectivity index (χ2v) is 8.49. The quantitative estimate of drug-likeness (QED) is 0.837. The smallest absolute Gasteiger partial charge is 0.0692 e. The van der Waals surface area contributed by atoms with Gasteiger partial charge < -0.3 is 10.1 Å². The summed E-state index contributed by atoms with van der Waals surface area (Å²) in [5.74, 6) is 0. The summed E-state index contributed by atoms with van der Waals surface area (Å²) in [6, 6.07) is 5.16. The van der Waals surface area contributed by atoms with Crippen LogP contribution in [0.2, 0.25) is 0 Å². The van der Waals surface area contributed by atoms with Gasteiger partial charge in [-0.05, 0) is 43.2 Å². The van der Waals surface area contributed by atoms with E-state index in [-0.39, 0.29) is 11.0 Å². The third kappa shape index (κ3) is 4.30. The van der Waals surface area contributed by atoms with Crippen LogP contribution in [0.1, 0.15) is 70.1 Å². The highest BCUT2D eigenvalue weighted by Crippen LogP contribution is 2.32. The van der Waals surface area contributed by atoms with E-state index in [4.69, 9.17) is 4.74 Å². The van der Waals surface area contributed by atoms with Crippen LogP contribution in [-0.2, 0) is 16.7 Å². The molecule has 1 aliphatic rings. The average Bonchev–Trinajstić information content (AvgIpc) is 2.94. The van der Waals surface area contributed by atoms with Crippen molar-refractivity contribution in [3.63, 3.8) is 0 Å². The van der Waals surface area contributed by atoms with Crippen LogP contribution in [0.3, 0.4) is 0 Å². The van der Waals surface area contributed by atoms with E-state index in [9.17, 15) is 0 Å². The minimum Gasteiger partial charge on any atom is -0.375 e. The van der Waals surface area contributed by atoms with Gasteiger partial charge in [0.25, 0.3) is 0 Å². The predicted octanol–water partition coefficient (Wildman–Crippen LogP) is 4.87. The first-order valence-electron chi connectivity index (χ1n) is 8.35. The molecule has 1 aliphatic heterocycles. The molecule has 0 bridgehead atoms. The van der Waals surface area contributed by atoms with Gasteiger partial charge in [0.05, 0.1) is 5.60 Å². The molecule has 2 nitrogen and oxygen atoms in total. The zero-order chi connectivity index (χ0) is 15.5. The van der Waals surface area contributed by atoms with E-state index in [0.29, 0.717) is 6.04 Å². The van der Waals surface area contributed by atoms with Crippen molar-refractivity contribution in [2.24, 2.45) is 0 Å². The fourth-order valence-corrected chi connectivity index (χ4v) is 4.08. The third-order valence-corrected chi connectivity index (χ3v) is 6.26. The van der Waals surface area contributed by atoms with Gasteiger partial charge in [-0.1, -0.05) is 34.6 Å². The molecule has 0 saturated carbocycles. The predicted molar refractivity (Wildman–Crippen MR) is 92.1 cm³/mol. The van der Waals surface area contributed by atoms with Crippen LogP contribution in [0.15, 0.2) is 12.1 Å². The van der Waals surface area contributed by atoms with E-state index < -0.39 is 0 Å². The Balaban J connectivity index is 1.89. The average molecular weight is 310 g/mol. The minimum absolute atomic E-state index is 0.113. The topological polar surface area (TPSA) is 21.3 Å². The summed E-state index contributed by atoms with van der Waals surface area (Å²) in [5.41, 5.74) is 0.378. The van der Waals surface area contributed by atoms with Crippen molar-refractivity contribution in [1.82, 2.24) is 5.32 Å². The van der Waals surface area contributed by atoms with Crippen molar-refractivity contribution >= 4 is 11.3 Å². The Bertz CT molecular complexity index is 442. The maximum Gasteiger partial charge on any atom is 0.0692 e. The molecule has 1 aromatic rings. The SMILES string of the molecule is CCC1(CC)CC(NCc2ccc(C(C)(C)C)s2)CCO1. The summed E-state index contributed by atoms with van der Waals surface area (Å²) in [6.45, 7) is 13.2. The molecule has 2 heterocycles. The van der Waals surface area contributed by atoms with E-state index in [2.05, 4.69) is 52.1 Å². The van der Waals surface area contributed by atoms with Crippen LogP contribution in [-0.4, -0.2) is 18.2 Å². The second kappa shape index (κ2) is 6.80. The lowest BCUT2D eigenvalue weighted by molar-refractivity contribution is -0.0931. The third-order valence-electron chi connectivity index (χ3n) is 4.75. The maximum absolute atomic E-state index is 6.06. The van der Waals surface area contributed by atoms with E-state index in [1.54, 1.807) is 0 Å². The van der Waals surface area contributed by atoms with Gasteiger partial charge in [-0.3, -0.25) is 0 Å². The summed E-state index contributed by atoms with van der Waals surface area (Å²) in [4.78, 5) is 2.92. The van der Waals surface area contributed by atoms with Crippen LogP contribution >= 0.6 is 11.3 Å². The molecule has 2 rings (SSSR count). The Hall–Kier alpha value is -0.380. The highest BCUT2D eigenvalue weighted by molar-refractivity contribution is 7.12. The Morgan fingerprint density at radius 1 is 1.29 bits per heavy atom. The monoisotopic (exact) mass is 309 g/mol. The van der Waals surface area contributed by atoms with Gasteiger partial charge in [0.1, 0.15) is 0 Å². The van der Waals surface area contributed by atoms with Crippen LogP contribution in [0.4, 0.5) is 0 Å². The molecule has 120 valence electrons. The van der Waals surface area contributed by atoms with E-state index >= 15 is 0 Å². The molecular weight excluding hydrogens is 278 g/mol. The Morgan fingerprint density at radius 3 is 2.57 bits per heavy atom. The molecule has 0 aromatic carbocycles. The number of thiophene rings is 1. The Kier molecular flexibility index (Phi) is 5.50. The lowest BCUT2D eigenvalue weighted by Gasteiger charge is -2.40. The van der Waals surface area contributed by atoms with Crippen molar-refractivity contribution in [3.8, 4) is 0 Å². The van der Waals surface area contributed by atoms with Crippen molar-refractivity contribution in [1.29, 1.82) is 0 Å². The summed E-state index contributed by atoms with van der Waals surface area (Å²) in [7, 11) is 0. The van der Waals surface area contributed by atoms with Gasteiger partial charge in [0.15, 0.2) is 0 Å². The first-order valence-corrected chi connectivity index (χ1v) is 9.17. The summed E-state index contributed by atoms with van der Waals surface area (Å²) in [5, 5.41) is 3.76. The molecule has 0 spiro atoms. The number of rotatable bonds is 5. The molecular formula is C18H31NOS. The molecule has 1 unspecified atom stereocenters. The summed E-state index contributed by atoms with van der Waals surface area (Å²) < 4.78 is 6.06. The molecule has 1 N–H and O–H groups in total. The molecule has 21 heavy (non-hydrogen) atoms. The van der Waals surface area contributed by atoms with Crippen LogP contribution < -0.4 is 5.32 Å². The standard InChI is InChI=1S/C18H31NOS/c1-6-18(7-2)12-14(10-11-20-18)19-13-15-8-9-16(21-15)17(3,4)5/h8-9,14,19H,6-7,10-13H2,1-5H3.